The number of aliphatic hydroxyl groups is 1. The second-order valence-corrected chi connectivity index (χ2v) is 11.0. The predicted octanol–water partition coefficient (Wildman–Crippen LogP) is 7.74. The molecule has 0 amide bonds. The standard InChI is InChI=1S/C30H33F6N3O.C2HF3O2/c1-2-3-4-27(39-19-17-38(18-20-39)21-22-13-15-37-16-14-22)25-7-5-23(6-8-25)24-9-11-26(12-10-24)28(40,29(31,32)33)30(34,35)36;3-2(4,5)1(6)7/h5-16,27,40H,2-4,17-21H2,1H3;(H,6,7). The highest BCUT2D eigenvalue weighted by Crippen LogP contribution is 2.50. The number of aromatic nitrogens is 1. The second kappa shape index (κ2) is 15.5. The first-order valence-corrected chi connectivity index (χ1v) is 14.6. The molecule has 1 aromatic heterocycles. The number of benzene rings is 2. The van der Waals surface area contributed by atoms with Gasteiger partial charge in [-0.1, -0.05) is 68.3 Å². The molecule has 2 N–H and O–H groups in total. The van der Waals surface area contributed by atoms with Gasteiger partial charge >= 0.3 is 24.5 Å². The number of nitrogens with zero attached hydrogens (tertiary/aromatic N) is 3. The van der Waals surface area contributed by atoms with Gasteiger partial charge in [-0.25, -0.2) is 4.79 Å². The largest absolute Gasteiger partial charge is 0.490 e. The van der Waals surface area contributed by atoms with Gasteiger partial charge in [-0.05, 0) is 40.8 Å². The van der Waals surface area contributed by atoms with Crippen LogP contribution in [0.15, 0.2) is 73.1 Å². The quantitative estimate of drug-likeness (QED) is 0.226. The molecule has 4 rings (SSSR count). The summed E-state index contributed by atoms with van der Waals surface area (Å²) in [6.45, 7) is 6.76. The molecule has 47 heavy (non-hydrogen) atoms. The first-order valence-electron chi connectivity index (χ1n) is 14.6. The van der Waals surface area contributed by atoms with Crippen LogP contribution in [0.1, 0.15) is 48.9 Å². The highest BCUT2D eigenvalue weighted by atomic mass is 19.4. The van der Waals surface area contributed by atoms with Crippen molar-refractivity contribution in [2.24, 2.45) is 0 Å². The molecule has 2 aromatic carbocycles. The van der Waals surface area contributed by atoms with Gasteiger partial charge < -0.3 is 10.2 Å². The van der Waals surface area contributed by atoms with Gasteiger partial charge in [0, 0.05) is 56.7 Å². The van der Waals surface area contributed by atoms with Crippen LogP contribution < -0.4 is 0 Å². The maximum atomic E-state index is 13.2. The van der Waals surface area contributed by atoms with Crippen LogP contribution >= 0.6 is 0 Å². The van der Waals surface area contributed by atoms with Gasteiger partial charge in [-0.15, -0.1) is 0 Å². The highest BCUT2D eigenvalue weighted by molar-refractivity contribution is 5.73. The zero-order chi connectivity index (χ0) is 35.0. The van der Waals surface area contributed by atoms with Crippen molar-refractivity contribution in [3.8, 4) is 11.1 Å². The fourth-order valence-corrected chi connectivity index (χ4v) is 5.23. The van der Waals surface area contributed by atoms with Gasteiger partial charge in [0.05, 0.1) is 0 Å². The van der Waals surface area contributed by atoms with Crippen molar-refractivity contribution >= 4 is 5.97 Å². The summed E-state index contributed by atoms with van der Waals surface area (Å²) in [6, 6.07) is 15.6. The van der Waals surface area contributed by atoms with E-state index in [1.54, 1.807) is 12.4 Å². The van der Waals surface area contributed by atoms with E-state index in [9.17, 15) is 44.6 Å². The number of piperazine rings is 1. The summed E-state index contributed by atoms with van der Waals surface area (Å²) < 4.78 is 111. The maximum absolute atomic E-state index is 13.2. The first-order chi connectivity index (χ1) is 21.9. The Morgan fingerprint density at radius 1 is 0.787 bits per heavy atom. The van der Waals surface area contributed by atoms with E-state index in [1.807, 2.05) is 36.4 Å². The molecule has 2 heterocycles. The van der Waals surface area contributed by atoms with E-state index < -0.39 is 35.7 Å². The van der Waals surface area contributed by atoms with Crippen molar-refractivity contribution in [2.45, 2.75) is 62.9 Å². The van der Waals surface area contributed by atoms with Crippen LogP contribution in [-0.2, 0) is 16.9 Å². The summed E-state index contributed by atoms with van der Waals surface area (Å²) >= 11 is 0. The molecule has 1 aliphatic heterocycles. The van der Waals surface area contributed by atoms with Gasteiger partial charge in [0.2, 0.25) is 0 Å². The Balaban J connectivity index is 0.000000771. The zero-order valence-electron chi connectivity index (χ0n) is 25.2. The minimum Gasteiger partial charge on any atom is -0.475 e. The molecule has 15 heteroatoms. The summed E-state index contributed by atoms with van der Waals surface area (Å²) in [6.07, 6.45) is -10.2. The molecule has 0 radical (unpaired) electrons. The molecular formula is C32H34F9N3O3. The lowest BCUT2D eigenvalue weighted by Crippen LogP contribution is -2.53. The van der Waals surface area contributed by atoms with Crippen LogP contribution in [0.4, 0.5) is 39.5 Å². The lowest BCUT2D eigenvalue weighted by Gasteiger charge is -2.39. The average molecular weight is 680 g/mol. The molecule has 1 unspecified atom stereocenters. The Kier molecular flexibility index (Phi) is 12.4. The van der Waals surface area contributed by atoms with Gasteiger partial charge in [0.15, 0.2) is 0 Å². The monoisotopic (exact) mass is 679 g/mol. The Labute approximate surface area is 265 Å². The van der Waals surface area contributed by atoms with Crippen molar-refractivity contribution in [3.05, 3.63) is 89.7 Å². The molecular weight excluding hydrogens is 645 g/mol. The number of halogens is 9. The van der Waals surface area contributed by atoms with Crippen LogP contribution in [0.25, 0.3) is 11.1 Å². The minimum atomic E-state index is -5.91. The fourth-order valence-electron chi connectivity index (χ4n) is 5.23. The number of carboxylic acid groups (broad SMARTS) is 1. The summed E-state index contributed by atoms with van der Waals surface area (Å²) in [4.78, 5) is 17.9. The third kappa shape index (κ3) is 9.67. The van der Waals surface area contributed by atoms with Crippen molar-refractivity contribution < 1.29 is 54.5 Å². The van der Waals surface area contributed by atoms with Crippen LogP contribution in [0.5, 0.6) is 0 Å². The van der Waals surface area contributed by atoms with Crippen molar-refractivity contribution in [2.75, 3.05) is 26.2 Å². The highest BCUT2D eigenvalue weighted by Gasteiger charge is 2.71. The SMILES string of the molecule is CCCCC(c1ccc(-c2ccc(C(O)(C(F)(F)F)C(F)(F)F)cc2)cc1)N1CCN(Cc2ccncc2)CC1.O=C(O)C(F)(F)F. The number of rotatable bonds is 9. The molecule has 258 valence electrons. The molecule has 1 fully saturated rings. The first kappa shape index (κ1) is 37.8. The topological polar surface area (TPSA) is 76.9 Å². The van der Waals surface area contributed by atoms with E-state index in [0.29, 0.717) is 23.3 Å². The Morgan fingerprint density at radius 3 is 1.68 bits per heavy atom. The van der Waals surface area contributed by atoms with Crippen molar-refractivity contribution in [3.63, 3.8) is 0 Å². The summed E-state index contributed by atoms with van der Waals surface area (Å²) in [5.41, 5.74) is -2.73. The van der Waals surface area contributed by atoms with Gasteiger partial charge in [0.25, 0.3) is 5.60 Å². The number of alkyl halides is 9. The lowest BCUT2D eigenvalue weighted by atomic mass is 9.90. The number of pyridine rings is 1. The van der Waals surface area contributed by atoms with E-state index in [2.05, 4.69) is 21.7 Å². The van der Waals surface area contributed by atoms with Crippen LogP contribution in [0, 0.1) is 0 Å². The van der Waals surface area contributed by atoms with Gasteiger partial charge in [0.1, 0.15) is 0 Å². The molecule has 0 aliphatic carbocycles. The average Bonchev–Trinajstić information content (AvgIpc) is 3.01. The summed E-state index contributed by atoms with van der Waals surface area (Å²) in [7, 11) is 0. The number of unbranched alkanes of at least 4 members (excludes halogenated alkanes) is 1. The molecule has 1 saturated heterocycles. The van der Waals surface area contributed by atoms with Crippen LogP contribution in [0.3, 0.4) is 0 Å². The molecule has 3 aromatic rings. The molecule has 1 atom stereocenters. The smallest absolute Gasteiger partial charge is 0.475 e. The van der Waals surface area contributed by atoms with E-state index in [0.717, 1.165) is 57.5 Å². The molecule has 1 aliphatic rings. The molecule has 0 spiro atoms. The Bertz CT molecular complexity index is 1390. The van der Waals surface area contributed by atoms with Crippen molar-refractivity contribution in [1.82, 2.24) is 14.8 Å². The van der Waals surface area contributed by atoms with Gasteiger partial charge in [-0.3, -0.25) is 14.8 Å². The zero-order valence-corrected chi connectivity index (χ0v) is 25.2. The normalized spacial score (nSPS) is 15.9. The molecule has 0 saturated carbocycles. The van der Waals surface area contributed by atoms with Gasteiger partial charge in [-0.2, -0.15) is 39.5 Å². The number of hydrogen-bond acceptors (Lipinski definition) is 5. The van der Waals surface area contributed by atoms with E-state index >= 15 is 0 Å². The van der Waals surface area contributed by atoms with Crippen LogP contribution in [-0.4, -0.2) is 75.7 Å². The fraction of sp³-hybridized carbons (Fsp3) is 0.438. The third-order valence-corrected chi connectivity index (χ3v) is 7.83. The van der Waals surface area contributed by atoms with E-state index in [-0.39, 0.29) is 6.04 Å². The molecule has 6 nitrogen and oxygen atoms in total. The van der Waals surface area contributed by atoms with Crippen molar-refractivity contribution in [1.29, 1.82) is 0 Å². The lowest BCUT2D eigenvalue weighted by molar-refractivity contribution is -0.376. The minimum absolute atomic E-state index is 0.216. The number of carboxylic acids is 1. The Hall–Kier alpha value is -3.69. The van der Waals surface area contributed by atoms with E-state index in [4.69, 9.17) is 9.90 Å². The Morgan fingerprint density at radius 2 is 1.26 bits per heavy atom. The third-order valence-electron chi connectivity index (χ3n) is 7.83. The number of aliphatic carboxylic acids is 1. The summed E-state index contributed by atoms with van der Waals surface area (Å²) in [5.74, 6) is -2.76. The predicted molar refractivity (Wildman–Crippen MR) is 155 cm³/mol. The number of hydrogen-bond donors (Lipinski definition) is 2. The van der Waals surface area contributed by atoms with E-state index in [1.165, 1.54) is 17.7 Å². The number of carbonyl (C=O) groups is 1. The summed E-state index contributed by atoms with van der Waals surface area (Å²) in [5, 5.41) is 16.8. The van der Waals surface area contributed by atoms with Crippen LogP contribution in [0.2, 0.25) is 0 Å². The second-order valence-electron chi connectivity index (χ2n) is 11.0. The molecule has 0 bridgehead atoms. The maximum Gasteiger partial charge on any atom is 0.490 e.